The molecule has 0 spiro atoms. The number of para-hydroxylation sites is 1. The summed E-state index contributed by atoms with van der Waals surface area (Å²) in [5.41, 5.74) is -0.777. The van der Waals surface area contributed by atoms with Crippen LogP contribution < -0.4 is 4.74 Å². The van der Waals surface area contributed by atoms with Crippen LogP contribution in [0.5, 0.6) is 17.2 Å². The molecule has 0 saturated heterocycles. The summed E-state index contributed by atoms with van der Waals surface area (Å²) in [4.78, 5) is 20.3. The zero-order valence-electron chi connectivity index (χ0n) is 11.7. The average Bonchev–Trinajstić information content (AvgIpc) is 2.49. The van der Waals surface area contributed by atoms with Gasteiger partial charge < -0.3 is 20.1 Å². The number of phenols is 2. The first-order chi connectivity index (χ1) is 10.9. The van der Waals surface area contributed by atoms with Crippen LogP contribution in [0.2, 0.25) is 0 Å². The van der Waals surface area contributed by atoms with Crippen molar-refractivity contribution in [1.29, 1.82) is 0 Å². The molecule has 0 amide bonds. The van der Waals surface area contributed by atoms with E-state index in [9.17, 15) is 9.90 Å². The van der Waals surface area contributed by atoms with Gasteiger partial charge in [0.1, 0.15) is 5.75 Å². The highest BCUT2D eigenvalue weighted by Gasteiger charge is 2.01. The maximum absolute atomic E-state index is 11.5. The lowest BCUT2D eigenvalue weighted by Gasteiger charge is -2.00. The Morgan fingerprint density at radius 2 is 1.61 bits per heavy atom. The molecule has 0 aliphatic heterocycles. The van der Waals surface area contributed by atoms with Crippen LogP contribution in [0.3, 0.4) is 0 Å². The molecule has 0 heterocycles. The first-order valence-electron chi connectivity index (χ1n) is 6.24. The maximum atomic E-state index is 11.5. The molecule has 0 aliphatic carbocycles. The van der Waals surface area contributed by atoms with Crippen LogP contribution in [0.15, 0.2) is 54.6 Å². The molecule has 23 heavy (non-hydrogen) atoms. The van der Waals surface area contributed by atoms with Gasteiger partial charge in [-0.15, -0.1) is 0 Å². The lowest BCUT2D eigenvalue weighted by Crippen LogP contribution is -2.03. The van der Waals surface area contributed by atoms with E-state index in [4.69, 9.17) is 19.7 Å². The summed E-state index contributed by atoms with van der Waals surface area (Å²) in [6.45, 7) is 0. The van der Waals surface area contributed by atoms with Gasteiger partial charge in [0, 0.05) is 17.7 Å². The predicted octanol–water partition coefficient (Wildman–Crippen LogP) is 3.62. The number of phenolic OH excluding ortho intramolecular Hbond substituents is 2. The fourth-order valence-electron chi connectivity index (χ4n) is 1.45. The smallest absolute Gasteiger partial charge is 0.401 e. The number of halogens is 1. The quantitative estimate of drug-likeness (QED) is 0.260. The van der Waals surface area contributed by atoms with Gasteiger partial charge >= 0.3 is 11.4 Å². The molecule has 0 aliphatic rings. The predicted molar refractivity (Wildman–Crippen MR) is 84.8 cm³/mol. The Hall–Kier alpha value is -2.99. The van der Waals surface area contributed by atoms with Crippen molar-refractivity contribution in [3.05, 3.63) is 60.2 Å². The highest BCUT2D eigenvalue weighted by molar-refractivity contribution is 6.60. The lowest BCUT2D eigenvalue weighted by atomic mass is 10.2. The Balaban J connectivity index is 0.000000593. The molecule has 3 N–H and O–H groups in total. The van der Waals surface area contributed by atoms with E-state index in [0.29, 0.717) is 11.3 Å². The molecule has 0 radical (unpaired) electrons. The van der Waals surface area contributed by atoms with Gasteiger partial charge in [0.25, 0.3) is 0 Å². The fraction of sp³-hybridized carbons (Fsp3) is 0. The lowest BCUT2D eigenvalue weighted by molar-refractivity contribution is -0.128. The van der Waals surface area contributed by atoms with Crippen molar-refractivity contribution in [3.8, 4) is 17.2 Å². The third-order valence-electron chi connectivity index (χ3n) is 2.37. The zero-order valence-corrected chi connectivity index (χ0v) is 12.5. The summed E-state index contributed by atoms with van der Waals surface area (Å²) in [7, 11) is 0. The summed E-state index contributed by atoms with van der Waals surface area (Å²) in [5, 5.41) is 25.6. The normalized spacial score (nSPS) is 9.78. The molecular formula is C16H13ClO6. The number of esters is 1. The Kier molecular flexibility index (Phi) is 7.16. The summed E-state index contributed by atoms with van der Waals surface area (Å²) in [6, 6.07) is 13.0. The second-order valence-electron chi connectivity index (χ2n) is 4.07. The first kappa shape index (κ1) is 18.1. The van der Waals surface area contributed by atoms with E-state index in [-0.39, 0.29) is 11.5 Å². The van der Waals surface area contributed by atoms with E-state index in [1.165, 1.54) is 24.3 Å². The van der Waals surface area contributed by atoms with Crippen LogP contribution in [0.1, 0.15) is 5.56 Å². The van der Waals surface area contributed by atoms with Crippen molar-refractivity contribution in [1.82, 2.24) is 0 Å². The number of carbonyl (C=O) groups excluding carboxylic acids is 1. The molecule has 2 aromatic carbocycles. The minimum atomic E-state index is -1.36. The monoisotopic (exact) mass is 336 g/mol. The van der Waals surface area contributed by atoms with Crippen molar-refractivity contribution in [2.24, 2.45) is 0 Å². The van der Waals surface area contributed by atoms with Gasteiger partial charge in [0.15, 0.2) is 11.5 Å². The number of ether oxygens (including phenoxy) is 1. The van der Waals surface area contributed by atoms with Crippen LogP contribution in [0, 0.1) is 0 Å². The number of aromatic hydroxyl groups is 2. The van der Waals surface area contributed by atoms with Gasteiger partial charge in [0.2, 0.25) is 0 Å². The number of hydrogen-bond donors (Lipinski definition) is 3. The Morgan fingerprint density at radius 3 is 2.17 bits per heavy atom. The molecule has 0 fully saturated rings. The van der Waals surface area contributed by atoms with Crippen molar-refractivity contribution in [3.63, 3.8) is 0 Å². The van der Waals surface area contributed by atoms with Crippen LogP contribution in [-0.2, 0) is 4.79 Å². The summed E-state index contributed by atoms with van der Waals surface area (Å²) in [6.07, 6.45) is 2.74. The Bertz CT molecular complexity index is 693. The molecule has 120 valence electrons. The first-order valence-corrected chi connectivity index (χ1v) is 6.61. The summed E-state index contributed by atoms with van der Waals surface area (Å²) in [5.74, 6) is -0.493. The second kappa shape index (κ2) is 9.11. The highest BCUT2D eigenvalue weighted by Crippen LogP contribution is 2.25. The van der Waals surface area contributed by atoms with E-state index < -0.39 is 11.4 Å². The molecule has 7 heteroatoms. The van der Waals surface area contributed by atoms with Crippen molar-refractivity contribution in [2.45, 2.75) is 0 Å². The second-order valence-corrected chi connectivity index (χ2v) is 4.39. The molecule has 0 saturated carbocycles. The van der Waals surface area contributed by atoms with Gasteiger partial charge in [-0.1, -0.05) is 24.3 Å². The van der Waals surface area contributed by atoms with Gasteiger partial charge in [-0.2, -0.15) is 0 Å². The van der Waals surface area contributed by atoms with Gasteiger partial charge in [-0.05, 0) is 35.9 Å². The third kappa shape index (κ3) is 7.54. The van der Waals surface area contributed by atoms with Gasteiger partial charge in [0.05, 0.1) is 0 Å². The molecule has 0 aromatic heterocycles. The van der Waals surface area contributed by atoms with Crippen LogP contribution in [0.4, 0.5) is 4.79 Å². The molecule has 0 atom stereocenters. The van der Waals surface area contributed by atoms with E-state index in [1.54, 1.807) is 30.3 Å². The van der Waals surface area contributed by atoms with Crippen molar-refractivity contribution < 1.29 is 29.6 Å². The van der Waals surface area contributed by atoms with Crippen LogP contribution in [0.25, 0.3) is 6.08 Å². The van der Waals surface area contributed by atoms with Crippen LogP contribution >= 0.6 is 11.6 Å². The standard InChI is InChI=1S/C15H12O4.CHClO2/c16-13-8-6-11(10-14(13)17)7-9-15(18)19-12-4-2-1-3-5-12;2-1(3)4/h1-10,16-17H;(H,3,4)/b9-7+;. The zero-order chi connectivity index (χ0) is 17.2. The highest BCUT2D eigenvalue weighted by atomic mass is 35.5. The van der Waals surface area contributed by atoms with E-state index in [2.05, 4.69) is 11.6 Å². The van der Waals surface area contributed by atoms with Crippen molar-refractivity contribution >= 4 is 29.1 Å². The third-order valence-corrected chi connectivity index (χ3v) is 2.37. The van der Waals surface area contributed by atoms with Gasteiger partial charge in [-0.3, -0.25) is 0 Å². The molecular weight excluding hydrogens is 324 g/mol. The largest absolute Gasteiger partial charge is 0.504 e. The molecule has 2 aromatic rings. The number of hydrogen-bond acceptors (Lipinski definition) is 5. The number of carbonyl (C=O) groups is 2. The summed E-state index contributed by atoms with van der Waals surface area (Å²) >= 11 is 4.19. The average molecular weight is 337 g/mol. The minimum Gasteiger partial charge on any atom is -0.504 e. The summed E-state index contributed by atoms with van der Waals surface area (Å²) < 4.78 is 5.05. The molecule has 2 rings (SSSR count). The van der Waals surface area contributed by atoms with E-state index in [1.807, 2.05) is 6.07 Å². The minimum absolute atomic E-state index is 0.205. The molecule has 0 bridgehead atoms. The Morgan fingerprint density at radius 1 is 1.00 bits per heavy atom. The topological polar surface area (TPSA) is 104 Å². The van der Waals surface area contributed by atoms with Crippen molar-refractivity contribution in [2.75, 3.05) is 0 Å². The number of carboxylic acid groups (broad SMARTS) is 1. The maximum Gasteiger partial charge on any atom is 0.401 e. The SMILES string of the molecule is O=C(/C=C/c1ccc(O)c(O)c1)Oc1ccccc1.O=C(O)Cl. The van der Waals surface area contributed by atoms with Crippen LogP contribution in [-0.4, -0.2) is 26.7 Å². The molecule has 0 unspecified atom stereocenters. The fourth-order valence-corrected chi connectivity index (χ4v) is 1.45. The van der Waals surface area contributed by atoms with E-state index in [0.717, 1.165) is 0 Å². The van der Waals surface area contributed by atoms with E-state index >= 15 is 0 Å². The Labute approximate surface area is 136 Å². The number of benzene rings is 2. The number of rotatable bonds is 3. The molecule has 6 nitrogen and oxygen atoms in total. The van der Waals surface area contributed by atoms with Gasteiger partial charge in [-0.25, -0.2) is 9.59 Å².